The lowest BCUT2D eigenvalue weighted by atomic mass is 9.95. The summed E-state index contributed by atoms with van der Waals surface area (Å²) in [5.74, 6) is -1.45. The molecule has 1 rings (SSSR count). The SMILES string of the molecule is CCOc1c(C(C)=O)cc(Cl)c(F)c1C(CO)N(C(=O)O)C(C)(C)C. The van der Waals surface area contributed by atoms with E-state index >= 15 is 0 Å². The maximum atomic E-state index is 14.8. The summed E-state index contributed by atoms with van der Waals surface area (Å²) in [7, 11) is 0. The van der Waals surface area contributed by atoms with Crippen molar-refractivity contribution in [3.63, 3.8) is 0 Å². The van der Waals surface area contributed by atoms with E-state index in [9.17, 15) is 24.2 Å². The molecule has 0 saturated heterocycles. The second kappa shape index (κ2) is 8.01. The van der Waals surface area contributed by atoms with Crippen molar-refractivity contribution in [1.29, 1.82) is 0 Å². The minimum atomic E-state index is -1.35. The molecule has 25 heavy (non-hydrogen) atoms. The number of hydrogen-bond acceptors (Lipinski definition) is 4. The summed E-state index contributed by atoms with van der Waals surface area (Å²) < 4.78 is 20.3. The molecule has 8 heteroatoms. The Hall–Kier alpha value is -1.86. The fourth-order valence-corrected chi connectivity index (χ4v) is 2.89. The van der Waals surface area contributed by atoms with Gasteiger partial charge in [0, 0.05) is 5.54 Å². The van der Waals surface area contributed by atoms with Crippen LogP contribution in [0.25, 0.3) is 0 Å². The van der Waals surface area contributed by atoms with Crippen LogP contribution >= 0.6 is 11.6 Å². The third-order valence-electron chi connectivity index (χ3n) is 3.62. The van der Waals surface area contributed by atoms with E-state index in [0.717, 1.165) is 11.0 Å². The number of carbonyl (C=O) groups excluding carboxylic acids is 1. The molecular formula is C17H23ClFNO5. The second-order valence-corrected chi connectivity index (χ2v) is 6.88. The summed E-state index contributed by atoms with van der Waals surface area (Å²) in [4.78, 5) is 24.6. The molecule has 0 fully saturated rings. The normalized spacial score (nSPS) is 12.6. The van der Waals surface area contributed by atoms with Gasteiger partial charge in [0.25, 0.3) is 0 Å². The van der Waals surface area contributed by atoms with Crippen LogP contribution in [0.15, 0.2) is 6.07 Å². The molecule has 140 valence electrons. The Bertz CT molecular complexity index is 672. The average molecular weight is 376 g/mol. The first-order valence-electron chi connectivity index (χ1n) is 7.76. The summed E-state index contributed by atoms with van der Waals surface area (Å²) in [6, 6.07) is -0.152. The highest BCUT2D eigenvalue weighted by molar-refractivity contribution is 6.31. The molecule has 0 aromatic heterocycles. The van der Waals surface area contributed by atoms with Crippen LogP contribution in [0.2, 0.25) is 5.02 Å². The summed E-state index contributed by atoms with van der Waals surface area (Å²) in [5.41, 5.74) is -1.17. The van der Waals surface area contributed by atoms with Crippen molar-refractivity contribution < 1.29 is 28.9 Å². The molecule has 0 saturated carbocycles. The van der Waals surface area contributed by atoms with Crippen LogP contribution in [0.1, 0.15) is 56.6 Å². The summed E-state index contributed by atoms with van der Waals surface area (Å²) in [5, 5.41) is 19.1. The molecule has 0 bridgehead atoms. The van der Waals surface area contributed by atoms with Crippen LogP contribution < -0.4 is 4.74 Å². The Kier molecular flexibility index (Phi) is 6.79. The zero-order valence-corrected chi connectivity index (χ0v) is 15.6. The Morgan fingerprint density at radius 1 is 1.40 bits per heavy atom. The monoisotopic (exact) mass is 375 g/mol. The van der Waals surface area contributed by atoms with Crippen molar-refractivity contribution in [2.24, 2.45) is 0 Å². The molecule has 0 aliphatic rings. The zero-order valence-electron chi connectivity index (χ0n) is 14.9. The third-order valence-corrected chi connectivity index (χ3v) is 3.90. The van der Waals surface area contributed by atoms with Gasteiger partial charge in [0.05, 0.1) is 35.4 Å². The fourth-order valence-electron chi connectivity index (χ4n) is 2.68. The number of benzene rings is 1. The molecule has 0 radical (unpaired) electrons. The maximum absolute atomic E-state index is 14.8. The molecule has 1 aromatic rings. The molecule has 1 unspecified atom stereocenters. The predicted molar refractivity (Wildman–Crippen MR) is 92.0 cm³/mol. The second-order valence-electron chi connectivity index (χ2n) is 6.47. The van der Waals surface area contributed by atoms with Crippen LogP contribution in [0.3, 0.4) is 0 Å². The van der Waals surface area contributed by atoms with Gasteiger partial charge in [-0.25, -0.2) is 9.18 Å². The van der Waals surface area contributed by atoms with Crippen LogP contribution in [0.5, 0.6) is 5.75 Å². The Labute approximate surface area is 151 Å². The highest BCUT2D eigenvalue weighted by Crippen LogP contribution is 2.40. The van der Waals surface area contributed by atoms with Gasteiger partial charge in [0.1, 0.15) is 5.75 Å². The van der Waals surface area contributed by atoms with Crippen molar-refractivity contribution in [2.45, 2.75) is 46.2 Å². The van der Waals surface area contributed by atoms with Crippen molar-refractivity contribution in [3.8, 4) is 5.75 Å². The zero-order chi connectivity index (χ0) is 19.5. The van der Waals surface area contributed by atoms with E-state index in [1.165, 1.54) is 6.92 Å². The van der Waals surface area contributed by atoms with Gasteiger partial charge >= 0.3 is 6.09 Å². The van der Waals surface area contributed by atoms with Crippen LogP contribution in [-0.2, 0) is 0 Å². The quantitative estimate of drug-likeness (QED) is 0.736. The molecule has 1 aromatic carbocycles. The van der Waals surface area contributed by atoms with Crippen molar-refractivity contribution in [1.82, 2.24) is 4.90 Å². The first kappa shape index (κ1) is 21.2. The lowest BCUT2D eigenvalue weighted by Gasteiger charge is -2.39. The van der Waals surface area contributed by atoms with E-state index in [-0.39, 0.29) is 28.5 Å². The summed E-state index contributed by atoms with van der Waals surface area (Å²) >= 11 is 5.90. The van der Waals surface area contributed by atoms with E-state index in [4.69, 9.17) is 16.3 Å². The molecule has 1 atom stereocenters. The molecule has 0 aliphatic heterocycles. The summed E-state index contributed by atoms with van der Waals surface area (Å²) in [6.07, 6.45) is -1.35. The molecule has 2 N–H and O–H groups in total. The lowest BCUT2D eigenvalue weighted by Crippen LogP contribution is -2.48. The van der Waals surface area contributed by atoms with Gasteiger partial charge < -0.3 is 14.9 Å². The van der Waals surface area contributed by atoms with Gasteiger partial charge in [-0.05, 0) is 40.7 Å². The number of halogens is 2. The minimum absolute atomic E-state index is 0.0287. The van der Waals surface area contributed by atoms with Gasteiger partial charge in [0.2, 0.25) is 0 Å². The standard InChI is InChI=1S/C17H23ClFNO5/c1-6-25-15-10(9(2)22)7-11(18)14(19)13(15)12(8-21)20(16(23)24)17(3,4)5/h7,12,21H,6,8H2,1-5H3,(H,23,24). The van der Waals surface area contributed by atoms with Crippen molar-refractivity contribution >= 4 is 23.5 Å². The molecule has 0 aliphatic carbocycles. The highest BCUT2D eigenvalue weighted by Gasteiger charge is 2.38. The number of Topliss-reactive ketones (excluding diaryl/α,β-unsaturated/α-hetero) is 1. The van der Waals surface area contributed by atoms with Crippen LogP contribution in [0.4, 0.5) is 9.18 Å². The topological polar surface area (TPSA) is 87.1 Å². The lowest BCUT2D eigenvalue weighted by molar-refractivity contribution is 0.0434. The fraction of sp³-hybridized carbons (Fsp3) is 0.529. The van der Waals surface area contributed by atoms with Gasteiger partial charge in [-0.15, -0.1) is 0 Å². The van der Waals surface area contributed by atoms with Crippen LogP contribution in [-0.4, -0.2) is 45.7 Å². The number of carboxylic acid groups (broad SMARTS) is 1. The highest BCUT2D eigenvalue weighted by atomic mass is 35.5. The third kappa shape index (κ3) is 4.41. The number of amides is 1. The first-order chi connectivity index (χ1) is 11.5. The van der Waals surface area contributed by atoms with Crippen molar-refractivity contribution in [3.05, 3.63) is 28.0 Å². The predicted octanol–water partition coefficient (Wildman–Crippen LogP) is 3.89. The van der Waals surface area contributed by atoms with Crippen molar-refractivity contribution in [2.75, 3.05) is 13.2 Å². The Morgan fingerprint density at radius 3 is 2.32 bits per heavy atom. The summed E-state index contributed by atoms with van der Waals surface area (Å²) in [6.45, 7) is 7.15. The molecule has 0 spiro atoms. The van der Waals surface area contributed by atoms with E-state index in [0.29, 0.717) is 0 Å². The molecule has 1 amide bonds. The molecular weight excluding hydrogens is 353 g/mol. The number of nitrogens with zero attached hydrogens (tertiary/aromatic N) is 1. The van der Waals surface area contributed by atoms with Gasteiger partial charge in [-0.1, -0.05) is 11.6 Å². The number of aliphatic hydroxyl groups is 1. The number of hydrogen-bond donors (Lipinski definition) is 2. The van der Waals surface area contributed by atoms with E-state index in [1.54, 1.807) is 27.7 Å². The Morgan fingerprint density at radius 2 is 1.96 bits per heavy atom. The number of ether oxygens (including phenoxy) is 1. The minimum Gasteiger partial charge on any atom is -0.493 e. The van der Waals surface area contributed by atoms with Gasteiger partial charge in [0.15, 0.2) is 11.6 Å². The van der Waals surface area contributed by atoms with Crippen LogP contribution in [0, 0.1) is 5.82 Å². The average Bonchev–Trinajstić information content (AvgIpc) is 2.47. The number of carbonyl (C=O) groups is 2. The van der Waals surface area contributed by atoms with Gasteiger partial charge in [-0.2, -0.15) is 0 Å². The largest absolute Gasteiger partial charge is 0.493 e. The number of aliphatic hydroxyl groups excluding tert-OH is 1. The Balaban J connectivity index is 3.81. The number of rotatable bonds is 6. The molecule has 6 nitrogen and oxygen atoms in total. The van der Waals surface area contributed by atoms with E-state index < -0.39 is 35.9 Å². The molecule has 0 heterocycles. The van der Waals surface area contributed by atoms with E-state index in [1.807, 2.05) is 0 Å². The first-order valence-corrected chi connectivity index (χ1v) is 8.13. The maximum Gasteiger partial charge on any atom is 0.408 e. The van der Waals surface area contributed by atoms with Gasteiger partial charge in [-0.3, -0.25) is 9.69 Å². The smallest absolute Gasteiger partial charge is 0.408 e. The van der Waals surface area contributed by atoms with E-state index in [2.05, 4.69) is 0 Å². The number of ketones is 1.